The van der Waals surface area contributed by atoms with Crippen molar-refractivity contribution in [3.8, 4) is 5.75 Å². The molecule has 0 spiro atoms. The zero-order valence-corrected chi connectivity index (χ0v) is 21.2. The van der Waals surface area contributed by atoms with Crippen LogP contribution < -0.4 is 10.1 Å². The average Bonchev–Trinajstić information content (AvgIpc) is 3.27. The number of aromatic nitrogens is 1. The van der Waals surface area contributed by atoms with Gasteiger partial charge in [0.05, 0.1) is 24.3 Å². The molecule has 0 fully saturated rings. The number of rotatable bonds is 12. The number of hydrogen-bond donors (Lipinski definition) is 3. The number of alkyl halides is 3. The molecule has 0 saturated heterocycles. The van der Waals surface area contributed by atoms with Crippen LogP contribution in [0.5, 0.6) is 5.75 Å². The molecule has 0 aliphatic carbocycles. The van der Waals surface area contributed by atoms with E-state index in [1.54, 1.807) is 16.7 Å². The minimum absolute atomic E-state index is 0.0601. The Balaban J connectivity index is 1.90. The summed E-state index contributed by atoms with van der Waals surface area (Å²) < 4.78 is 48.7. The van der Waals surface area contributed by atoms with Gasteiger partial charge in [-0.1, -0.05) is 30.3 Å². The maximum atomic E-state index is 13.9. The molecule has 0 unspecified atom stereocenters. The maximum absolute atomic E-state index is 13.9. The van der Waals surface area contributed by atoms with Crippen LogP contribution in [0.4, 0.5) is 18.9 Å². The third-order valence-electron chi connectivity index (χ3n) is 5.94. The van der Waals surface area contributed by atoms with Crippen LogP contribution in [0.1, 0.15) is 59.2 Å². The molecule has 3 aromatic rings. The van der Waals surface area contributed by atoms with Gasteiger partial charge in [0.25, 0.3) is 5.91 Å². The van der Waals surface area contributed by atoms with Crippen LogP contribution in [0.3, 0.4) is 0 Å². The quantitative estimate of drug-likeness (QED) is 0.286. The number of carbonyl (C=O) groups is 2. The number of aliphatic hydroxyl groups is 1. The highest BCUT2D eigenvalue weighted by Gasteiger charge is 2.36. The first kappa shape index (κ1) is 28.8. The van der Waals surface area contributed by atoms with Crippen LogP contribution in [0, 0.1) is 0 Å². The summed E-state index contributed by atoms with van der Waals surface area (Å²) in [6, 6.07) is 14.8. The van der Waals surface area contributed by atoms with Gasteiger partial charge in [-0.25, -0.2) is 0 Å². The third-order valence-corrected chi connectivity index (χ3v) is 5.94. The number of carboxylic acids is 1. The molecule has 204 valence electrons. The fraction of sp³-hybridized carbons (Fsp3) is 0.357. The molecule has 1 aromatic heterocycles. The Kier molecular flexibility index (Phi) is 9.57. The number of aryl methyl sites for hydroxylation is 2. The molecule has 0 saturated carbocycles. The topological polar surface area (TPSA) is 101 Å². The third kappa shape index (κ3) is 7.38. The van der Waals surface area contributed by atoms with Gasteiger partial charge in [-0.2, -0.15) is 13.2 Å². The van der Waals surface area contributed by atoms with Crippen molar-refractivity contribution in [3.63, 3.8) is 0 Å². The van der Waals surface area contributed by atoms with Gasteiger partial charge < -0.3 is 24.8 Å². The van der Waals surface area contributed by atoms with Crippen LogP contribution in [-0.4, -0.2) is 39.9 Å². The van der Waals surface area contributed by atoms with Gasteiger partial charge in [-0.15, -0.1) is 0 Å². The molecule has 2 aromatic carbocycles. The largest absolute Gasteiger partial charge is 0.491 e. The first-order chi connectivity index (χ1) is 18.0. The van der Waals surface area contributed by atoms with E-state index in [9.17, 15) is 27.9 Å². The highest BCUT2D eigenvalue weighted by atomic mass is 19.4. The lowest BCUT2D eigenvalue weighted by Gasteiger charge is -2.20. The molecular weight excluding hydrogens is 501 g/mol. The fourth-order valence-corrected chi connectivity index (χ4v) is 4.35. The zero-order chi connectivity index (χ0) is 27.9. The molecule has 7 nitrogen and oxygen atoms in total. The number of carbonyl (C=O) groups excluding carboxylic acids is 1. The van der Waals surface area contributed by atoms with Crippen molar-refractivity contribution >= 4 is 17.6 Å². The lowest BCUT2D eigenvalue weighted by molar-refractivity contribution is -0.137. The SMILES string of the molecule is CC(C)n1c(CCCc2ccccc2)ccc1C(=O)Nc1cc(CC(=O)O)c(OCCO)cc1C(F)(F)F. The van der Waals surface area contributed by atoms with E-state index in [0.717, 1.165) is 24.6 Å². The molecule has 10 heteroatoms. The van der Waals surface area contributed by atoms with Crippen molar-refractivity contribution in [2.75, 3.05) is 18.5 Å². The summed E-state index contributed by atoms with van der Waals surface area (Å²) in [6.45, 7) is 2.99. The Hall–Kier alpha value is -3.79. The number of carboxylic acid groups (broad SMARTS) is 1. The van der Waals surface area contributed by atoms with Crippen molar-refractivity contribution in [1.29, 1.82) is 0 Å². The Morgan fingerprint density at radius 1 is 1.05 bits per heavy atom. The summed E-state index contributed by atoms with van der Waals surface area (Å²) in [7, 11) is 0. The number of nitrogens with zero attached hydrogens (tertiary/aromatic N) is 1. The van der Waals surface area contributed by atoms with Gasteiger partial charge in [0.15, 0.2) is 0 Å². The van der Waals surface area contributed by atoms with Gasteiger partial charge in [0, 0.05) is 17.3 Å². The van der Waals surface area contributed by atoms with Crippen molar-refractivity contribution in [1.82, 2.24) is 4.57 Å². The van der Waals surface area contributed by atoms with E-state index < -0.39 is 42.3 Å². The number of amides is 1. The van der Waals surface area contributed by atoms with Gasteiger partial charge in [-0.05, 0) is 62.9 Å². The predicted octanol–water partition coefficient (Wildman–Crippen LogP) is 5.51. The summed E-state index contributed by atoms with van der Waals surface area (Å²) in [5.74, 6) is -2.36. The standard InChI is InChI=1S/C28H31F3N2O5/c1-18(2)33-21(10-6-9-19-7-4-3-5-8-19)11-12-24(33)27(37)32-23-15-20(16-26(35)36)25(38-14-13-34)17-22(23)28(29,30)31/h3-5,7-8,11-12,15,17-18,34H,6,9-10,13-14,16H2,1-2H3,(H,32,37)(H,35,36). The second kappa shape index (κ2) is 12.6. The van der Waals surface area contributed by atoms with E-state index in [0.29, 0.717) is 12.5 Å². The van der Waals surface area contributed by atoms with Crippen LogP contribution in [0.15, 0.2) is 54.6 Å². The Morgan fingerprint density at radius 2 is 1.76 bits per heavy atom. The monoisotopic (exact) mass is 532 g/mol. The van der Waals surface area contributed by atoms with Crippen molar-refractivity contribution in [2.24, 2.45) is 0 Å². The molecule has 0 atom stereocenters. The Bertz CT molecular complexity index is 1250. The van der Waals surface area contributed by atoms with Crippen molar-refractivity contribution < 1.29 is 37.7 Å². The van der Waals surface area contributed by atoms with Crippen molar-refractivity contribution in [3.05, 3.63) is 82.7 Å². The molecule has 0 bridgehead atoms. The second-order valence-electron chi connectivity index (χ2n) is 9.11. The van der Waals surface area contributed by atoms with E-state index in [2.05, 4.69) is 5.32 Å². The maximum Gasteiger partial charge on any atom is 0.418 e. The van der Waals surface area contributed by atoms with E-state index in [-0.39, 0.29) is 29.7 Å². The summed E-state index contributed by atoms with van der Waals surface area (Å²) in [5, 5.41) is 20.6. The van der Waals surface area contributed by atoms with Crippen LogP contribution in [0.25, 0.3) is 0 Å². The number of aliphatic hydroxyl groups excluding tert-OH is 1. The number of hydrogen-bond acceptors (Lipinski definition) is 4. The normalized spacial score (nSPS) is 11.6. The number of halogens is 3. The number of anilines is 1. The van der Waals surface area contributed by atoms with Gasteiger partial charge in [0.1, 0.15) is 18.1 Å². The Morgan fingerprint density at radius 3 is 2.37 bits per heavy atom. The molecule has 1 amide bonds. The lowest BCUT2D eigenvalue weighted by Crippen LogP contribution is -2.22. The van der Waals surface area contributed by atoms with Gasteiger partial charge in [0.2, 0.25) is 0 Å². The molecule has 0 aliphatic heterocycles. The molecule has 1 heterocycles. The number of benzene rings is 2. The first-order valence-electron chi connectivity index (χ1n) is 12.3. The lowest BCUT2D eigenvalue weighted by atomic mass is 10.0. The smallest absolute Gasteiger partial charge is 0.418 e. The van der Waals surface area contributed by atoms with Gasteiger partial charge >= 0.3 is 12.1 Å². The summed E-state index contributed by atoms with van der Waals surface area (Å²) in [6.07, 6.45) is -3.14. The molecule has 0 radical (unpaired) electrons. The number of ether oxygens (including phenoxy) is 1. The Labute approximate surface area is 218 Å². The zero-order valence-electron chi connectivity index (χ0n) is 21.2. The van der Waals surface area contributed by atoms with E-state index in [1.165, 1.54) is 5.56 Å². The number of nitrogens with one attached hydrogen (secondary N) is 1. The van der Waals surface area contributed by atoms with Crippen LogP contribution in [-0.2, 0) is 30.2 Å². The fourth-order valence-electron chi connectivity index (χ4n) is 4.35. The second-order valence-corrected chi connectivity index (χ2v) is 9.11. The molecule has 3 rings (SSSR count). The average molecular weight is 533 g/mol. The van der Waals surface area contributed by atoms with E-state index in [1.807, 2.05) is 44.2 Å². The highest BCUT2D eigenvalue weighted by molar-refractivity contribution is 6.04. The molecule has 0 aliphatic rings. The van der Waals surface area contributed by atoms with E-state index in [4.69, 9.17) is 9.84 Å². The number of aliphatic carboxylic acids is 1. The predicted molar refractivity (Wildman–Crippen MR) is 137 cm³/mol. The van der Waals surface area contributed by atoms with Gasteiger partial charge in [-0.3, -0.25) is 9.59 Å². The summed E-state index contributed by atoms with van der Waals surface area (Å²) in [5.41, 5.74) is 0.460. The van der Waals surface area contributed by atoms with E-state index >= 15 is 0 Å². The highest BCUT2D eigenvalue weighted by Crippen LogP contribution is 2.39. The van der Waals surface area contributed by atoms with Crippen molar-refractivity contribution in [2.45, 2.75) is 51.7 Å². The van der Waals surface area contributed by atoms with Crippen LogP contribution >= 0.6 is 0 Å². The molecular formula is C28H31F3N2O5. The molecule has 3 N–H and O–H groups in total. The minimum atomic E-state index is -4.86. The summed E-state index contributed by atoms with van der Waals surface area (Å²) >= 11 is 0. The summed E-state index contributed by atoms with van der Waals surface area (Å²) in [4.78, 5) is 24.6. The molecule has 38 heavy (non-hydrogen) atoms. The minimum Gasteiger partial charge on any atom is -0.491 e. The van der Waals surface area contributed by atoms with Crippen LogP contribution in [0.2, 0.25) is 0 Å². The first-order valence-corrected chi connectivity index (χ1v) is 12.3.